The summed E-state index contributed by atoms with van der Waals surface area (Å²) in [4.78, 5) is 26.5. The van der Waals surface area contributed by atoms with Gasteiger partial charge in [-0.15, -0.1) is 0 Å². The predicted molar refractivity (Wildman–Crippen MR) is 122 cm³/mol. The molecule has 164 valence electrons. The first-order chi connectivity index (χ1) is 15.6. The number of carbonyl (C=O) groups is 1. The molecule has 0 bridgehead atoms. The molecule has 32 heavy (non-hydrogen) atoms. The monoisotopic (exact) mass is 448 g/mol. The van der Waals surface area contributed by atoms with Crippen LogP contribution in [0, 0.1) is 0 Å². The van der Waals surface area contributed by atoms with E-state index in [1.807, 2.05) is 59.6 Å². The molecule has 1 aromatic carbocycles. The number of amides is 1. The van der Waals surface area contributed by atoms with Gasteiger partial charge in [0.1, 0.15) is 0 Å². The highest BCUT2D eigenvalue weighted by atomic mass is 35.5. The highest BCUT2D eigenvalue weighted by molar-refractivity contribution is 6.30. The maximum atomic E-state index is 13.9. The van der Waals surface area contributed by atoms with Crippen LogP contribution in [0.1, 0.15) is 22.6 Å². The molecule has 0 radical (unpaired) electrons. The second-order valence-corrected chi connectivity index (χ2v) is 8.89. The standard InChI is InChI=1S/C25H25ClN4O2/c26-22-5-3-19(4-6-22)15-29-17-23(21-2-1-9-28-14-21)25(18-29)24(31)30(12-13-32-25)16-20-7-10-27-11-8-20/h1-11,14,23H,12-13,15-18H2/t23-,25+/m1/s1. The predicted octanol–water partition coefficient (Wildman–Crippen LogP) is 3.53. The lowest BCUT2D eigenvalue weighted by atomic mass is 9.83. The Kier molecular flexibility index (Phi) is 5.91. The van der Waals surface area contributed by atoms with Gasteiger partial charge in [0, 0.05) is 68.5 Å². The van der Waals surface area contributed by atoms with Gasteiger partial charge in [0.25, 0.3) is 5.91 Å². The Hall–Kier alpha value is -2.80. The van der Waals surface area contributed by atoms with Gasteiger partial charge in [0.2, 0.25) is 0 Å². The molecule has 2 saturated heterocycles. The molecule has 3 aromatic rings. The molecule has 5 rings (SSSR count). The first kappa shape index (κ1) is 21.1. The molecule has 2 aromatic heterocycles. The first-order valence-corrected chi connectivity index (χ1v) is 11.2. The van der Waals surface area contributed by atoms with Crippen molar-refractivity contribution in [2.75, 3.05) is 26.2 Å². The van der Waals surface area contributed by atoms with Crippen LogP contribution in [0.25, 0.3) is 0 Å². The number of likely N-dealkylation sites (tertiary alicyclic amines) is 1. The number of morpholine rings is 1. The molecule has 2 atom stereocenters. The van der Waals surface area contributed by atoms with Gasteiger partial charge in [-0.25, -0.2) is 0 Å². The van der Waals surface area contributed by atoms with Crippen LogP contribution in [-0.2, 0) is 22.6 Å². The van der Waals surface area contributed by atoms with Crippen molar-refractivity contribution in [1.29, 1.82) is 0 Å². The van der Waals surface area contributed by atoms with E-state index in [1.165, 1.54) is 0 Å². The molecule has 7 heteroatoms. The molecule has 1 spiro atoms. The zero-order valence-corrected chi connectivity index (χ0v) is 18.5. The van der Waals surface area contributed by atoms with Crippen LogP contribution in [0.3, 0.4) is 0 Å². The zero-order chi connectivity index (χ0) is 22.0. The molecule has 0 saturated carbocycles. The van der Waals surface area contributed by atoms with Crippen LogP contribution < -0.4 is 0 Å². The molecule has 6 nitrogen and oxygen atoms in total. The van der Waals surface area contributed by atoms with Crippen LogP contribution in [-0.4, -0.2) is 57.5 Å². The summed E-state index contributed by atoms with van der Waals surface area (Å²) in [6, 6.07) is 15.7. The smallest absolute Gasteiger partial charge is 0.257 e. The van der Waals surface area contributed by atoms with E-state index in [0.717, 1.165) is 34.8 Å². The van der Waals surface area contributed by atoms with Crippen LogP contribution >= 0.6 is 11.6 Å². The average Bonchev–Trinajstić information content (AvgIpc) is 3.18. The third-order valence-electron chi connectivity index (χ3n) is 6.36. The minimum absolute atomic E-state index is 0.0491. The van der Waals surface area contributed by atoms with E-state index in [0.29, 0.717) is 26.2 Å². The summed E-state index contributed by atoms with van der Waals surface area (Å²) < 4.78 is 6.37. The number of carbonyl (C=O) groups excluding carboxylic acids is 1. The molecular weight excluding hydrogens is 424 g/mol. The van der Waals surface area contributed by atoms with Crippen LogP contribution in [0.15, 0.2) is 73.3 Å². The molecule has 1 amide bonds. The van der Waals surface area contributed by atoms with Crippen molar-refractivity contribution in [2.24, 2.45) is 0 Å². The zero-order valence-electron chi connectivity index (χ0n) is 17.7. The molecule has 2 aliphatic heterocycles. The highest BCUT2D eigenvalue weighted by Crippen LogP contribution is 2.42. The Balaban J connectivity index is 1.44. The number of benzene rings is 1. The number of hydrogen-bond acceptors (Lipinski definition) is 5. The van der Waals surface area contributed by atoms with E-state index in [-0.39, 0.29) is 11.8 Å². The maximum Gasteiger partial charge on any atom is 0.257 e. The Labute approximate surface area is 192 Å². The van der Waals surface area contributed by atoms with Crippen molar-refractivity contribution in [2.45, 2.75) is 24.6 Å². The van der Waals surface area contributed by atoms with Gasteiger partial charge >= 0.3 is 0 Å². The summed E-state index contributed by atoms with van der Waals surface area (Å²) in [7, 11) is 0. The Morgan fingerprint density at radius 3 is 2.53 bits per heavy atom. The normalized spacial score (nSPS) is 23.7. The third kappa shape index (κ3) is 4.13. The molecule has 0 N–H and O–H groups in total. The van der Waals surface area contributed by atoms with Crippen molar-refractivity contribution in [3.8, 4) is 0 Å². The number of hydrogen-bond donors (Lipinski definition) is 0. The first-order valence-electron chi connectivity index (χ1n) is 10.8. The molecule has 2 aliphatic rings. The summed E-state index contributed by atoms with van der Waals surface area (Å²) in [5.74, 6) is -0.0377. The lowest BCUT2D eigenvalue weighted by Crippen LogP contribution is -2.59. The highest BCUT2D eigenvalue weighted by Gasteiger charge is 2.56. The fourth-order valence-electron chi connectivity index (χ4n) is 4.83. The maximum absolute atomic E-state index is 13.9. The molecule has 2 fully saturated rings. The van der Waals surface area contributed by atoms with Crippen molar-refractivity contribution in [3.63, 3.8) is 0 Å². The number of ether oxygens (including phenoxy) is 1. The number of pyridine rings is 2. The second kappa shape index (κ2) is 8.98. The van der Waals surface area contributed by atoms with Gasteiger partial charge in [-0.1, -0.05) is 29.8 Å². The number of rotatable bonds is 5. The summed E-state index contributed by atoms with van der Waals surface area (Å²) in [5, 5.41) is 0.720. The van der Waals surface area contributed by atoms with E-state index in [2.05, 4.69) is 14.9 Å². The van der Waals surface area contributed by atoms with Crippen molar-refractivity contribution in [1.82, 2.24) is 19.8 Å². The van der Waals surface area contributed by atoms with Crippen molar-refractivity contribution in [3.05, 3.63) is 95.0 Å². The molecular formula is C25H25ClN4O2. The van der Waals surface area contributed by atoms with Gasteiger partial charge in [0.05, 0.1) is 6.61 Å². The number of aromatic nitrogens is 2. The summed E-state index contributed by atoms with van der Waals surface area (Å²) in [5.41, 5.74) is 2.35. The van der Waals surface area contributed by atoms with Crippen LogP contribution in [0.5, 0.6) is 0 Å². The Bertz CT molecular complexity index is 1060. The number of halogens is 1. The molecule has 0 aliphatic carbocycles. The third-order valence-corrected chi connectivity index (χ3v) is 6.61. The SMILES string of the molecule is O=C1N(Cc2ccncc2)CCO[C@]12CN(Cc1ccc(Cl)cc1)C[C@@H]2c1cccnc1. The van der Waals surface area contributed by atoms with Gasteiger partial charge in [0.15, 0.2) is 5.60 Å². The van der Waals surface area contributed by atoms with E-state index in [9.17, 15) is 4.79 Å². The van der Waals surface area contributed by atoms with Gasteiger partial charge < -0.3 is 9.64 Å². The van der Waals surface area contributed by atoms with Crippen LogP contribution in [0.4, 0.5) is 0 Å². The van der Waals surface area contributed by atoms with Crippen LogP contribution in [0.2, 0.25) is 5.02 Å². The fraction of sp³-hybridized carbons (Fsp3) is 0.320. The summed E-state index contributed by atoms with van der Waals surface area (Å²) in [6.45, 7) is 3.66. The topological polar surface area (TPSA) is 58.6 Å². The minimum atomic E-state index is -0.916. The largest absolute Gasteiger partial charge is 0.361 e. The van der Waals surface area contributed by atoms with E-state index in [1.54, 1.807) is 18.6 Å². The van der Waals surface area contributed by atoms with Crippen molar-refractivity contribution < 1.29 is 9.53 Å². The minimum Gasteiger partial charge on any atom is -0.361 e. The Morgan fingerprint density at radius 1 is 1.00 bits per heavy atom. The van der Waals surface area contributed by atoms with Crippen molar-refractivity contribution >= 4 is 17.5 Å². The summed E-state index contributed by atoms with van der Waals surface area (Å²) >= 11 is 6.06. The fourth-order valence-corrected chi connectivity index (χ4v) is 4.96. The molecule has 4 heterocycles. The van der Waals surface area contributed by atoms with E-state index in [4.69, 9.17) is 16.3 Å². The molecule has 0 unspecified atom stereocenters. The second-order valence-electron chi connectivity index (χ2n) is 8.46. The lowest BCUT2D eigenvalue weighted by molar-refractivity contribution is -0.173. The summed E-state index contributed by atoms with van der Waals surface area (Å²) in [6.07, 6.45) is 7.14. The van der Waals surface area contributed by atoms with E-state index >= 15 is 0 Å². The quantitative estimate of drug-likeness (QED) is 0.597. The average molecular weight is 449 g/mol. The van der Waals surface area contributed by atoms with Gasteiger partial charge in [-0.05, 0) is 47.0 Å². The van der Waals surface area contributed by atoms with Gasteiger partial charge in [-0.3, -0.25) is 19.7 Å². The van der Waals surface area contributed by atoms with Gasteiger partial charge in [-0.2, -0.15) is 0 Å². The lowest BCUT2D eigenvalue weighted by Gasteiger charge is -2.42. The Morgan fingerprint density at radius 2 is 1.78 bits per heavy atom. The van der Waals surface area contributed by atoms with E-state index < -0.39 is 5.60 Å². The number of nitrogens with zero attached hydrogens (tertiary/aromatic N) is 4.